The summed E-state index contributed by atoms with van der Waals surface area (Å²) >= 11 is 11.2. The van der Waals surface area contributed by atoms with Crippen molar-refractivity contribution < 1.29 is 4.79 Å². The zero-order chi connectivity index (χ0) is 12.3. The van der Waals surface area contributed by atoms with Crippen LogP contribution in [0, 0.1) is 0 Å². The van der Waals surface area contributed by atoms with Crippen LogP contribution in [0.3, 0.4) is 0 Å². The second-order valence-corrected chi connectivity index (χ2v) is 4.76. The molecular formula is C12H12Cl2N2O. The summed E-state index contributed by atoms with van der Waals surface area (Å²) in [4.78, 5) is 13.6. The summed E-state index contributed by atoms with van der Waals surface area (Å²) in [5.74, 6) is 0.0286. The van der Waals surface area contributed by atoms with Gasteiger partial charge in [-0.3, -0.25) is 4.79 Å². The molecule has 0 unspecified atom stereocenters. The first kappa shape index (κ1) is 12.3. The lowest BCUT2D eigenvalue weighted by Gasteiger charge is -2.22. The van der Waals surface area contributed by atoms with E-state index in [4.69, 9.17) is 23.2 Å². The molecule has 0 aliphatic carbocycles. The summed E-state index contributed by atoms with van der Waals surface area (Å²) in [7, 11) is 0. The predicted octanol–water partition coefficient (Wildman–Crippen LogP) is 3.15. The molecule has 1 aliphatic heterocycles. The third-order valence-electron chi connectivity index (χ3n) is 2.59. The van der Waals surface area contributed by atoms with Crippen molar-refractivity contribution in [1.29, 1.82) is 0 Å². The highest BCUT2D eigenvalue weighted by molar-refractivity contribution is 6.55. The molecule has 1 aromatic rings. The van der Waals surface area contributed by atoms with E-state index in [1.54, 1.807) is 6.08 Å². The number of anilines is 2. The van der Waals surface area contributed by atoms with Gasteiger partial charge in [-0.15, -0.1) is 0 Å². The van der Waals surface area contributed by atoms with Crippen LogP contribution in [0.5, 0.6) is 0 Å². The fourth-order valence-corrected chi connectivity index (χ4v) is 1.93. The first-order valence-electron chi connectivity index (χ1n) is 5.32. The number of amides is 1. The van der Waals surface area contributed by atoms with Gasteiger partial charge in [0.25, 0.3) is 0 Å². The molecule has 0 aromatic heterocycles. The summed E-state index contributed by atoms with van der Waals surface area (Å²) in [5, 5.41) is 2.87. The van der Waals surface area contributed by atoms with Gasteiger partial charge in [0.05, 0.1) is 11.4 Å². The Morgan fingerprint density at radius 3 is 2.94 bits per heavy atom. The average Bonchev–Trinajstić information content (AvgIpc) is 2.45. The van der Waals surface area contributed by atoms with Gasteiger partial charge in [-0.05, 0) is 18.2 Å². The summed E-state index contributed by atoms with van der Waals surface area (Å²) < 4.78 is 0.242. The lowest BCUT2D eigenvalue weighted by atomic mass is 10.2. The van der Waals surface area contributed by atoms with Crippen LogP contribution in [-0.4, -0.2) is 19.0 Å². The van der Waals surface area contributed by atoms with Gasteiger partial charge in [-0.1, -0.05) is 35.3 Å². The molecular weight excluding hydrogens is 259 g/mol. The quantitative estimate of drug-likeness (QED) is 0.896. The third-order valence-corrected chi connectivity index (χ3v) is 2.90. The Labute approximate surface area is 110 Å². The van der Waals surface area contributed by atoms with Gasteiger partial charge in [0.15, 0.2) is 0 Å². The van der Waals surface area contributed by atoms with E-state index in [9.17, 15) is 4.79 Å². The lowest BCUT2D eigenvalue weighted by Crippen LogP contribution is -2.24. The Hall–Kier alpha value is -1.19. The fourth-order valence-electron chi connectivity index (χ4n) is 1.79. The molecule has 0 saturated carbocycles. The Kier molecular flexibility index (Phi) is 3.92. The number of carbonyl (C=O) groups is 1. The molecule has 0 saturated heterocycles. The zero-order valence-corrected chi connectivity index (χ0v) is 10.6. The summed E-state index contributed by atoms with van der Waals surface area (Å²) in [6.07, 6.45) is 2.18. The van der Waals surface area contributed by atoms with Crippen molar-refractivity contribution in [2.75, 3.05) is 23.3 Å². The standard InChI is InChI=1S/C12H12Cl2N2O/c13-11(14)5-7-16-8-6-12(17)15-9-3-1-2-4-10(9)16/h1-5H,6-8H2,(H,15,17). The van der Waals surface area contributed by atoms with E-state index in [1.807, 2.05) is 24.3 Å². The van der Waals surface area contributed by atoms with Gasteiger partial charge in [-0.2, -0.15) is 0 Å². The molecule has 1 aromatic carbocycles. The third kappa shape index (κ3) is 3.14. The molecule has 0 fully saturated rings. The molecule has 1 amide bonds. The number of fused-ring (bicyclic) bond motifs is 1. The smallest absolute Gasteiger partial charge is 0.226 e. The largest absolute Gasteiger partial charge is 0.366 e. The van der Waals surface area contributed by atoms with Gasteiger partial charge >= 0.3 is 0 Å². The minimum atomic E-state index is 0.0286. The van der Waals surface area contributed by atoms with Gasteiger partial charge in [-0.25, -0.2) is 0 Å². The molecule has 0 atom stereocenters. The Balaban J connectivity index is 2.28. The normalized spacial score (nSPS) is 14.7. The van der Waals surface area contributed by atoms with E-state index >= 15 is 0 Å². The first-order valence-corrected chi connectivity index (χ1v) is 6.07. The van der Waals surface area contributed by atoms with E-state index in [2.05, 4.69) is 10.2 Å². The number of hydrogen-bond acceptors (Lipinski definition) is 2. The molecule has 0 bridgehead atoms. The Bertz CT molecular complexity index is 456. The summed E-state index contributed by atoms with van der Waals surface area (Å²) in [5.41, 5.74) is 1.82. The van der Waals surface area contributed by atoms with Crippen molar-refractivity contribution in [3.8, 4) is 0 Å². The topological polar surface area (TPSA) is 32.3 Å². The SMILES string of the molecule is O=C1CCN(CC=C(Cl)Cl)c2ccccc2N1. The molecule has 17 heavy (non-hydrogen) atoms. The number of benzene rings is 1. The molecule has 0 radical (unpaired) electrons. The predicted molar refractivity (Wildman–Crippen MR) is 71.7 cm³/mol. The highest BCUT2D eigenvalue weighted by Gasteiger charge is 2.17. The number of hydrogen-bond donors (Lipinski definition) is 1. The van der Waals surface area contributed by atoms with Crippen molar-refractivity contribution in [2.45, 2.75) is 6.42 Å². The number of nitrogens with one attached hydrogen (secondary N) is 1. The van der Waals surface area contributed by atoms with Gasteiger partial charge in [0.1, 0.15) is 4.49 Å². The van der Waals surface area contributed by atoms with Crippen LogP contribution in [0.25, 0.3) is 0 Å². The van der Waals surface area contributed by atoms with Crippen molar-refractivity contribution >= 4 is 40.5 Å². The van der Waals surface area contributed by atoms with Crippen LogP contribution >= 0.6 is 23.2 Å². The highest BCUT2D eigenvalue weighted by atomic mass is 35.5. The lowest BCUT2D eigenvalue weighted by molar-refractivity contribution is -0.115. The second-order valence-electron chi connectivity index (χ2n) is 3.76. The van der Waals surface area contributed by atoms with Crippen LogP contribution in [0.15, 0.2) is 34.8 Å². The van der Waals surface area contributed by atoms with E-state index < -0.39 is 0 Å². The molecule has 1 heterocycles. The van der Waals surface area contributed by atoms with Crippen LogP contribution in [0.1, 0.15) is 6.42 Å². The van der Waals surface area contributed by atoms with Crippen molar-refractivity contribution in [3.63, 3.8) is 0 Å². The monoisotopic (exact) mass is 270 g/mol. The number of para-hydroxylation sites is 2. The first-order chi connectivity index (χ1) is 8.16. The number of carbonyl (C=O) groups excluding carboxylic acids is 1. The maximum absolute atomic E-state index is 11.5. The molecule has 0 spiro atoms. The van der Waals surface area contributed by atoms with E-state index in [0.29, 0.717) is 19.5 Å². The Morgan fingerprint density at radius 1 is 1.41 bits per heavy atom. The minimum Gasteiger partial charge on any atom is -0.366 e. The molecule has 3 nitrogen and oxygen atoms in total. The Morgan fingerprint density at radius 2 is 2.18 bits per heavy atom. The van der Waals surface area contributed by atoms with E-state index in [1.165, 1.54) is 0 Å². The summed E-state index contributed by atoms with van der Waals surface area (Å²) in [6.45, 7) is 1.24. The van der Waals surface area contributed by atoms with Crippen molar-refractivity contribution in [2.24, 2.45) is 0 Å². The van der Waals surface area contributed by atoms with Crippen LogP contribution in [-0.2, 0) is 4.79 Å². The second kappa shape index (κ2) is 5.43. The molecule has 90 valence electrons. The van der Waals surface area contributed by atoms with E-state index in [0.717, 1.165) is 11.4 Å². The average molecular weight is 271 g/mol. The number of nitrogens with zero attached hydrogens (tertiary/aromatic N) is 1. The maximum Gasteiger partial charge on any atom is 0.226 e. The minimum absolute atomic E-state index is 0.0286. The molecule has 2 rings (SSSR count). The molecule has 1 N–H and O–H groups in total. The van der Waals surface area contributed by atoms with Crippen molar-refractivity contribution in [1.82, 2.24) is 0 Å². The number of rotatable bonds is 2. The summed E-state index contributed by atoms with van der Waals surface area (Å²) in [6, 6.07) is 7.69. The van der Waals surface area contributed by atoms with Crippen LogP contribution in [0.4, 0.5) is 11.4 Å². The van der Waals surface area contributed by atoms with Gasteiger partial charge < -0.3 is 10.2 Å². The maximum atomic E-state index is 11.5. The molecule has 1 aliphatic rings. The zero-order valence-electron chi connectivity index (χ0n) is 9.12. The van der Waals surface area contributed by atoms with Crippen LogP contribution < -0.4 is 10.2 Å². The number of halogens is 2. The van der Waals surface area contributed by atoms with Crippen molar-refractivity contribution in [3.05, 3.63) is 34.8 Å². The van der Waals surface area contributed by atoms with E-state index in [-0.39, 0.29) is 10.4 Å². The van der Waals surface area contributed by atoms with Gasteiger partial charge in [0.2, 0.25) is 5.91 Å². The highest BCUT2D eigenvalue weighted by Crippen LogP contribution is 2.28. The molecule has 5 heteroatoms. The van der Waals surface area contributed by atoms with Crippen LogP contribution in [0.2, 0.25) is 0 Å². The fraction of sp³-hybridized carbons (Fsp3) is 0.250. The van der Waals surface area contributed by atoms with Gasteiger partial charge in [0, 0.05) is 19.5 Å².